The molecule has 0 bridgehead atoms. The SMILES string of the molecule is CCNC(=NCC(C)(O)c1cccs1)NCC1(c2ccccc2)CCOCC1. The van der Waals surface area contributed by atoms with Crippen molar-refractivity contribution >= 4 is 17.3 Å². The van der Waals surface area contributed by atoms with Crippen molar-refractivity contribution in [2.75, 3.05) is 32.8 Å². The lowest BCUT2D eigenvalue weighted by atomic mass is 9.74. The minimum atomic E-state index is -0.966. The average molecular weight is 402 g/mol. The topological polar surface area (TPSA) is 65.9 Å². The predicted molar refractivity (Wildman–Crippen MR) is 116 cm³/mol. The van der Waals surface area contributed by atoms with Gasteiger partial charge in [-0.15, -0.1) is 11.3 Å². The van der Waals surface area contributed by atoms with Crippen LogP contribution in [0.25, 0.3) is 0 Å². The van der Waals surface area contributed by atoms with Crippen LogP contribution in [-0.4, -0.2) is 43.9 Å². The summed E-state index contributed by atoms with van der Waals surface area (Å²) in [5.74, 6) is 0.737. The molecular weight excluding hydrogens is 370 g/mol. The van der Waals surface area contributed by atoms with Gasteiger partial charge in [-0.3, -0.25) is 0 Å². The van der Waals surface area contributed by atoms with Gasteiger partial charge in [0, 0.05) is 36.6 Å². The van der Waals surface area contributed by atoms with Crippen LogP contribution in [0.4, 0.5) is 0 Å². The van der Waals surface area contributed by atoms with Gasteiger partial charge < -0.3 is 20.5 Å². The van der Waals surface area contributed by atoms with Gasteiger partial charge in [-0.1, -0.05) is 36.4 Å². The molecular formula is C22H31N3O2S. The van der Waals surface area contributed by atoms with E-state index in [-0.39, 0.29) is 5.41 Å². The van der Waals surface area contributed by atoms with E-state index in [0.29, 0.717) is 6.54 Å². The number of rotatable bonds is 7. The number of benzene rings is 1. The Labute approximate surface area is 171 Å². The highest BCUT2D eigenvalue weighted by molar-refractivity contribution is 7.10. The van der Waals surface area contributed by atoms with Crippen LogP contribution in [0.2, 0.25) is 0 Å². The minimum Gasteiger partial charge on any atom is -0.383 e. The molecule has 1 saturated heterocycles. The van der Waals surface area contributed by atoms with E-state index >= 15 is 0 Å². The van der Waals surface area contributed by atoms with Gasteiger partial charge in [0.1, 0.15) is 5.60 Å². The molecule has 1 aromatic heterocycles. The zero-order valence-corrected chi connectivity index (χ0v) is 17.6. The molecule has 1 aliphatic heterocycles. The molecule has 3 rings (SSSR count). The maximum absolute atomic E-state index is 10.8. The van der Waals surface area contributed by atoms with Crippen molar-refractivity contribution in [1.29, 1.82) is 0 Å². The monoisotopic (exact) mass is 401 g/mol. The Kier molecular flexibility index (Phi) is 7.10. The van der Waals surface area contributed by atoms with E-state index in [4.69, 9.17) is 4.74 Å². The van der Waals surface area contributed by atoms with Crippen molar-refractivity contribution in [2.24, 2.45) is 4.99 Å². The van der Waals surface area contributed by atoms with E-state index in [1.807, 2.05) is 24.4 Å². The number of hydrogen-bond acceptors (Lipinski definition) is 4. The summed E-state index contributed by atoms with van der Waals surface area (Å²) in [6.07, 6.45) is 1.96. The van der Waals surface area contributed by atoms with Gasteiger partial charge in [0.15, 0.2) is 5.96 Å². The van der Waals surface area contributed by atoms with E-state index in [9.17, 15) is 5.11 Å². The van der Waals surface area contributed by atoms with E-state index in [0.717, 1.165) is 50.0 Å². The quantitative estimate of drug-likeness (QED) is 0.492. The largest absolute Gasteiger partial charge is 0.383 e. The highest BCUT2D eigenvalue weighted by Crippen LogP contribution is 2.34. The number of ether oxygens (including phenoxy) is 1. The lowest BCUT2D eigenvalue weighted by Gasteiger charge is -2.38. The Hall–Kier alpha value is -1.89. The van der Waals surface area contributed by atoms with Crippen molar-refractivity contribution in [1.82, 2.24) is 10.6 Å². The Morgan fingerprint density at radius 2 is 1.93 bits per heavy atom. The van der Waals surface area contributed by atoms with Crippen LogP contribution >= 0.6 is 11.3 Å². The fourth-order valence-electron chi connectivity index (χ4n) is 3.61. The van der Waals surface area contributed by atoms with Crippen LogP contribution < -0.4 is 10.6 Å². The summed E-state index contributed by atoms with van der Waals surface area (Å²) in [5.41, 5.74) is 0.408. The second-order valence-corrected chi connectivity index (χ2v) is 8.51. The second-order valence-electron chi connectivity index (χ2n) is 7.56. The third-order valence-corrected chi connectivity index (χ3v) is 6.49. The molecule has 1 unspecified atom stereocenters. The summed E-state index contributed by atoms with van der Waals surface area (Å²) >= 11 is 1.55. The molecule has 152 valence electrons. The fourth-order valence-corrected chi connectivity index (χ4v) is 4.39. The first-order chi connectivity index (χ1) is 13.6. The summed E-state index contributed by atoms with van der Waals surface area (Å²) < 4.78 is 5.63. The molecule has 1 aromatic carbocycles. The number of aliphatic imine (C=N–C) groups is 1. The smallest absolute Gasteiger partial charge is 0.191 e. The van der Waals surface area contributed by atoms with Crippen LogP contribution in [0.1, 0.15) is 37.1 Å². The standard InChI is InChI=1S/C22H31N3O2S/c1-3-23-20(24-16-21(2,26)19-10-7-15-28-19)25-17-22(11-13-27-14-12-22)18-8-5-4-6-9-18/h4-10,15,26H,3,11-14,16-17H2,1-2H3,(H2,23,24,25). The van der Waals surface area contributed by atoms with Crippen LogP contribution in [-0.2, 0) is 15.8 Å². The van der Waals surface area contributed by atoms with Crippen LogP contribution in [0.15, 0.2) is 52.8 Å². The van der Waals surface area contributed by atoms with Crippen LogP contribution in [0.3, 0.4) is 0 Å². The van der Waals surface area contributed by atoms with Crippen molar-refractivity contribution in [3.05, 3.63) is 58.3 Å². The van der Waals surface area contributed by atoms with E-state index in [2.05, 4.69) is 52.9 Å². The average Bonchev–Trinajstić information content (AvgIpc) is 3.27. The molecule has 5 nitrogen and oxygen atoms in total. The summed E-state index contributed by atoms with van der Waals surface area (Å²) in [6.45, 7) is 7.28. The summed E-state index contributed by atoms with van der Waals surface area (Å²) in [5, 5.41) is 19.6. The second kappa shape index (κ2) is 9.54. The molecule has 28 heavy (non-hydrogen) atoms. The number of thiophene rings is 1. The molecule has 0 spiro atoms. The molecule has 2 heterocycles. The molecule has 6 heteroatoms. The van der Waals surface area contributed by atoms with Gasteiger partial charge in [0.05, 0.1) is 6.54 Å². The maximum Gasteiger partial charge on any atom is 0.191 e. The van der Waals surface area contributed by atoms with Crippen molar-refractivity contribution < 1.29 is 9.84 Å². The Morgan fingerprint density at radius 3 is 2.57 bits per heavy atom. The maximum atomic E-state index is 10.8. The number of aliphatic hydroxyl groups is 1. The molecule has 2 aromatic rings. The van der Waals surface area contributed by atoms with E-state index in [1.54, 1.807) is 11.3 Å². The lowest BCUT2D eigenvalue weighted by molar-refractivity contribution is 0.0513. The number of nitrogens with zero attached hydrogens (tertiary/aromatic N) is 1. The highest BCUT2D eigenvalue weighted by atomic mass is 32.1. The summed E-state index contributed by atoms with van der Waals surface area (Å²) in [6, 6.07) is 14.6. The molecule has 3 N–H and O–H groups in total. The molecule has 1 fully saturated rings. The third kappa shape index (κ3) is 5.13. The van der Waals surface area contributed by atoms with E-state index in [1.165, 1.54) is 5.56 Å². The van der Waals surface area contributed by atoms with Gasteiger partial charge >= 0.3 is 0 Å². The summed E-state index contributed by atoms with van der Waals surface area (Å²) in [4.78, 5) is 5.60. The lowest BCUT2D eigenvalue weighted by Crippen LogP contribution is -2.48. The molecule has 1 aliphatic rings. The zero-order chi connectivity index (χ0) is 19.9. The highest BCUT2D eigenvalue weighted by Gasteiger charge is 2.34. The zero-order valence-electron chi connectivity index (χ0n) is 16.8. The van der Waals surface area contributed by atoms with Crippen molar-refractivity contribution in [2.45, 2.75) is 37.7 Å². The summed E-state index contributed by atoms with van der Waals surface area (Å²) in [7, 11) is 0. The van der Waals surface area contributed by atoms with Gasteiger partial charge in [0.25, 0.3) is 0 Å². The number of guanidine groups is 1. The predicted octanol–water partition coefficient (Wildman–Crippen LogP) is 3.26. The fraction of sp³-hybridized carbons (Fsp3) is 0.500. The molecule has 0 radical (unpaired) electrons. The minimum absolute atomic E-state index is 0.0337. The van der Waals surface area contributed by atoms with Gasteiger partial charge in [-0.25, -0.2) is 4.99 Å². The van der Waals surface area contributed by atoms with Gasteiger partial charge in [0.2, 0.25) is 0 Å². The molecule has 0 saturated carbocycles. The van der Waals surface area contributed by atoms with Crippen LogP contribution in [0.5, 0.6) is 0 Å². The van der Waals surface area contributed by atoms with Crippen molar-refractivity contribution in [3.63, 3.8) is 0 Å². The van der Waals surface area contributed by atoms with Gasteiger partial charge in [-0.2, -0.15) is 0 Å². The first kappa shape index (κ1) is 20.8. The van der Waals surface area contributed by atoms with Gasteiger partial charge in [-0.05, 0) is 43.7 Å². The first-order valence-corrected chi connectivity index (χ1v) is 10.9. The van der Waals surface area contributed by atoms with E-state index < -0.39 is 5.60 Å². The van der Waals surface area contributed by atoms with Crippen molar-refractivity contribution in [3.8, 4) is 0 Å². The Morgan fingerprint density at radius 1 is 1.18 bits per heavy atom. The van der Waals surface area contributed by atoms with Crippen LogP contribution in [0, 0.1) is 0 Å². The Balaban J connectivity index is 1.72. The normalized spacial score (nSPS) is 19.0. The number of nitrogens with one attached hydrogen (secondary N) is 2. The Bertz CT molecular complexity index is 738. The first-order valence-electron chi connectivity index (χ1n) is 9.98. The molecule has 0 aliphatic carbocycles. The third-order valence-electron chi connectivity index (χ3n) is 5.37. The number of hydrogen-bond donors (Lipinski definition) is 3. The molecule has 0 amide bonds. The molecule has 1 atom stereocenters.